The van der Waals surface area contributed by atoms with Crippen LogP contribution in [0.25, 0.3) is 6.08 Å². The summed E-state index contributed by atoms with van der Waals surface area (Å²) < 4.78 is 5.32. The summed E-state index contributed by atoms with van der Waals surface area (Å²) in [6.07, 6.45) is 1.78. The Labute approximate surface area is 145 Å². The van der Waals surface area contributed by atoms with E-state index >= 15 is 0 Å². The smallest absolute Gasteiger partial charge is 0.289 e. The van der Waals surface area contributed by atoms with Crippen LogP contribution in [-0.2, 0) is 4.79 Å². The van der Waals surface area contributed by atoms with Gasteiger partial charge in [0, 0.05) is 13.1 Å². The number of carbonyl (C=O) groups excluding carboxylic acids is 1. The second-order valence-electron chi connectivity index (χ2n) is 5.88. The van der Waals surface area contributed by atoms with Crippen molar-refractivity contribution < 1.29 is 19.5 Å². The molecule has 1 aromatic rings. The normalized spacial score (nSPS) is 21.3. The fourth-order valence-corrected chi connectivity index (χ4v) is 3.71. The van der Waals surface area contributed by atoms with E-state index < -0.39 is 0 Å². The molecule has 0 spiro atoms. The minimum absolute atomic E-state index is 0.150. The number of thioether (sulfide) groups is 1. The lowest BCUT2D eigenvalue weighted by Gasteiger charge is -2.28. The maximum Gasteiger partial charge on any atom is 0.289 e. The molecule has 24 heavy (non-hydrogen) atoms. The predicted molar refractivity (Wildman–Crippen MR) is 93.3 cm³/mol. The van der Waals surface area contributed by atoms with Crippen LogP contribution >= 0.6 is 11.8 Å². The summed E-state index contributed by atoms with van der Waals surface area (Å²) in [5.74, 6) is -0.0399. The Kier molecular flexibility index (Phi) is 5.23. The number of ether oxygens (including phenoxy) is 1. The molecule has 0 radical (unpaired) electrons. The highest BCUT2D eigenvalue weighted by Crippen LogP contribution is 2.30. The van der Waals surface area contributed by atoms with E-state index in [1.54, 1.807) is 18.2 Å². The molecule has 0 bridgehead atoms. The summed E-state index contributed by atoms with van der Waals surface area (Å²) in [6, 6.07) is 4.84. The molecule has 3 rings (SSSR count). The van der Waals surface area contributed by atoms with Gasteiger partial charge in [-0.05, 0) is 43.4 Å². The number of benzene rings is 1. The summed E-state index contributed by atoms with van der Waals surface area (Å²) in [7, 11) is 2.10. The number of amides is 1. The molecule has 0 aliphatic carbocycles. The van der Waals surface area contributed by atoms with E-state index in [9.17, 15) is 9.90 Å². The molecule has 1 fully saturated rings. The van der Waals surface area contributed by atoms with Crippen LogP contribution in [0, 0.1) is 0 Å². The third kappa shape index (κ3) is 3.80. The SMILES string of the molecule is CCOc1cc(C=C2SC([NH+]3CCN(C)CC3)=NC2=O)ccc1[O-]. The van der Waals surface area contributed by atoms with Crippen molar-refractivity contribution in [1.29, 1.82) is 0 Å². The number of rotatable bonds is 3. The van der Waals surface area contributed by atoms with Gasteiger partial charge in [0.15, 0.2) is 0 Å². The molecule has 1 amide bonds. The first kappa shape index (κ1) is 17.0. The summed E-state index contributed by atoms with van der Waals surface area (Å²) in [6.45, 7) is 6.20. The number of carbonyl (C=O) groups is 1. The van der Waals surface area contributed by atoms with Gasteiger partial charge in [-0.15, -0.1) is 4.99 Å². The quantitative estimate of drug-likeness (QED) is 0.777. The van der Waals surface area contributed by atoms with Gasteiger partial charge in [-0.25, -0.2) is 0 Å². The maximum absolute atomic E-state index is 12.2. The second-order valence-corrected chi connectivity index (χ2v) is 6.91. The molecule has 0 unspecified atom stereocenters. The van der Waals surface area contributed by atoms with Gasteiger partial charge in [-0.2, -0.15) is 0 Å². The molecule has 1 aromatic carbocycles. The molecule has 0 saturated carbocycles. The molecule has 0 atom stereocenters. The van der Waals surface area contributed by atoms with Crippen LogP contribution in [-0.4, -0.2) is 55.8 Å². The highest BCUT2D eigenvalue weighted by molar-refractivity contribution is 8.18. The zero-order valence-corrected chi connectivity index (χ0v) is 14.7. The molecule has 6 nitrogen and oxygen atoms in total. The Bertz CT molecular complexity index is 694. The number of hydrogen-bond donors (Lipinski definition) is 1. The van der Waals surface area contributed by atoms with Crippen LogP contribution < -0.4 is 14.7 Å². The molecular formula is C17H21N3O3S. The van der Waals surface area contributed by atoms with Gasteiger partial charge in [0.25, 0.3) is 11.1 Å². The molecule has 2 aliphatic heterocycles. The fraction of sp³-hybridized carbons (Fsp3) is 0.412. The minimum Gasteiger partial charge on any atom is -0.870 e. The molecule has 0 aromatic heterocycles. The van der Waals surface area contributed by atoms with Crippen molar-refractivity contribution >= 4 is 28.9 Å². The largest absolute Gasteiger partial charge is 0.870 e. The van der Waals surface area contributed by atoms with Crippen molar-refractivity contribution in [3.05, 3.63) is 28.7 Å². The second kappa shape index (κ2) is 7.38. The zero-order chi connectivity index (χ0) is 17.1. The first-order valence-electron chi connectivity index (χ1n) is 8.07. The average Bonchev–Trinajstić information content (AvgIpc) is 2.92. The first-order valence-corrected chi connectivity index (χ1v) is 8.88. The van der Waals surface area contributed by atoms with Crippen molar-refractivity contribution in [2.75, 3.05) is 39.8 Å². The Hall–Kier alpha value is -1.83. The third-order valence-corrected chi connectivity index (χ3v) is 5.16. The molecule has 2 heterocycles. The Morgan fingerprint density at radius 1 is 1.42 bits per heavy atom. The molecule has 2 aliphatic rings. The molecule has 1 N–H and O–H groups in total. The van der Waals surface area contributed by atoms with Crippen molar-refractivity contribution in [2.24, 2.45) is 4.99 Å². The lowest BCUT2D eigenvalue weighted by Crippen LogP contribution is -3.16. The topological polar surface area (TPSA) is 69.4 Å². The van der Waals surface area contributed by atoms with E-state index in [-0.39, 0.29) is 11.7 Å². The van der Waals surface area contributed by atoms with E-state index in [2.05, 4.69) is 16.9 Å². The Balaban J connectivity index is 1.73. The molecule has 1 saturated heterocycles. The Morgan fingerprint density at radius 2 is 2.17 bits per heavy atom. The fourth-order valence-electron chi connectivity index (χ4n) is 2.70. The summed E-state index contributed by atoms with van der Waals surface area (Å²) in [4.78, 5) is 20.5. The van der Waals surface area contributed by atoms with E-state index in [0.29, 0.717) is 17.3 Å². The van der Waals surface area contributed by atoms with Gasteiger partial charge in [0.1, 0.15) is 5.75 Å². The summed E-state index contributed by atoms with van der Waals surface area (Å²) in [5, 5.41) is 12.6. The molecular weight excluding hydrogens is 326 g/mol. The summed E-state index contributed by atoms with van der Waals surface area (Å²) in [5.41, 5.74) is 0.777. The van der Waals surface area contributed by atoms with Gasteiger partial charge in [0.2, 0.25) is 0 Å². The number of amidine groups is 1. The molecule has 7 heteroatoms. The van der Waals surface area contributed by atoms with Crippen LogP contribution in [0.2, 0.25) is 0 Å². The minimum atomic E-state index is -0.203. The van der Waals surface area contributed by atoms with E-state index in [4.69, 9.17) is 4.74 Å². The average molecular weight is 347 g/mol. The number of quaternary nitrogens is 1. The number of aliphatic imine (C=N–C) groups is 1. The number of hydrogen-bond acceptors (Lipinski definition) is 5. The standard InChI is InChI=1S/C17H21N3O3S/c1-3-23-14-10-12(4-5-13(14)21)11-15-16(22)18-17(24-15)20-8-6-19(2)7-9-20/h4-5,10-11,21H,3,6-9H2,1-2H3. The van der Waals surface area contributed by atoms with Gasteiger partial charge < -0.3 is 9.84 Å². The van der Waals surface area contributed by atoms with Crippen LogP contribution in [0.1, 0.15) is 12.5 Å². The lowest BCUT2D eigenvalue weighted by molar-refractivity contribution is -0.807. The van der Waals surface area contributed by atoms with Crippen molar-refractivity contribution in [3.63, 3.8) is 0 Å². The van der Waals surface area contributed by atoms with E-state index in [1.807, 2.05) is 6.92 Å². The van der Waals surface area contributed by atoms with Crippen LogP contribution in [0.4, 0.5) is 0 Å². The van der Waals surface area contributed by atoms with Gasteiger partial charge in [-0.1, -0.05) is 17.9 Å². The van der Waals surface area contributed by atoms with Gasteiger partial charge in [-0.3, -0.25) is 14.6 Å². The van der Waals surface area contributed by atoms with Gasteiger partial charge >= 0.3 is 0 Å². The monoisotopic (exact) mass is 347 g/mol. The van der Waals surface area contributed by atoms with Crippen molar-refractivity contribution in [2.45, 2.75) is 6.92 Å². The van der Waals surface area contributed by atoms with Crippen molar-refractivity contribution in [1.82, 2.24) is 4.90 Å². The van der Waals surface area contributed by atoms with Crippen LogP contribution in [0.5, 0.6) is 11.5 Å². The van der Waals surface area contributed by atoms with E-state index in [0.717, 1.165) is 36.9 Å². The number of nitrogens with one attached hydrogen (secondary N) is 1. The lowest BCUT2D eigenvalue weighted by atomic mass is 10.2. The highest BCUT2D eigenvalue weighted by Gasteiger charge is 2.32. The van der Waals surface area contributed by atoms with Crippen LogP contribution in [0.3, 0.4) is 0 Å². The van der Waals surface area contributed by atoms with E-state index in [1.165, 1.54) is 22.7 Å². The molecule has 128 valence electrons. The predicted octanol–water partition coefficient (Wildman–Crippen LogP) is -0.0405. The van der Waals surface area contributed by atoms with Crippen molar-refractivity contribution in [3.8, 4) is 11.5 Å². The van der Waals surface area contributed by atoms with Crippen LogP contribution in [0.15, 0.2) is 28.1 Å². The maximum atomic E-state index is 12.2. The van der Waals surface area contributed by atoms with Gasteiger partial charge in [0.05, 0.1) is 24.6 Å². The first-order chi connectivity index (χ1) is 11.6. The number of piperazine rings is 1. The number of nitrogens with zero attached hydrogens (tertiary/aromatic N) is 2. The third-order valence-electron chi connectivity index (χ3n) is 4.08. The highest BCUT2D eigenvalue weighted by atomic mass is 32.2. The zero-order valence-electron chi connectivity index (χ0n) is 13.9. The Morgan fingerprint density at radius 3 is 2.88 bits per heavy atom. The summed E-state index contributed by atoms with van der Waals surface area (Å²) >= 11 is 1.43. The number of likely N-dealkylation sites (N-methyl/N-ethyl adjacent to an activating group) is 1.